The van der Waals surface area contributed by atoms with Crippen LogP contribution in [0.5, 0.6) is 11.5 Å². The zero-order valence-electron chi connectivity index (χ0n) is 14.0. The molecule has 130 valence electrons. The van der Waals surface area contributed by atoms with Crippen molar-refractivity contribution in [1.82, 2.24) is 0 Å². The normalized spacial score (nSPS) is 13.2. The smallest absolute Gasteiger partial charge is 0.335 e. The van der Waals surface area contributed by atoms with Crippen molar-refractivity contribution in [1.29, 1.82) is 0 Å². The maximum absolute atomic E-state index is 12.8. The number of carbonyl (C=O) groups is 2. The predicted octanol–water partition coefficient (Wildman–Crippen LogP) is 3.07. The number of carboxylic acids is 1. The molecule has 0 saturated carbocycles. The summed E-state index contributed by atoms with van der Waals surface area (Å²) in [6.07, 6.45) is 0. The lowest BCUT2D eigenvalue weighted by atomic mass is 9.83. The van der Waals surface area contributed by atoms with Gasteiger partial charge in [0.2, 0.25) is 5.91 Å². The number of carbonyl (C=O) groups excluding carboxylic acids is 1. The first kappa shape index (κ1) is 16.8. The second-order valence-electron chi connectivity index (χ2n) is 6.32. The fourth-order valence-electron chi connectivity index (χ4n) is 2.58. The Hall–Kier alpha value is -3.02. The number of amides is 1. The zero-order valence-corrected chi connectivity index (χ0v) is 14.0. The first-order chi connectivity index (χ1) is 11.9. The van der Waals surface area contributed by atoms with Crippen LogP contribution in [0.4, 0.5) is 5.69 Å². The van der Waals surface area contributed by atoms with Gasteiger partial charge in [0.1, 0.15) is 13.2 Å². The summed E-state index contributed by atoms with van der Waals surface area (Å²) in [7, 11) is 0. The molecule has 1 aliphatic heterocycles. The molecule has 2 N–H and O–H groups in total. The number of hydrogen-bond donors (Lipinski definition) is 2. The van der Waals surface area contributed by atoms with Gasteiger partial charge in [-0.05, 0) is 49.7 Å². The van der Waals surface area contributed by atoms with Crippen LogP contribution in [0.15, 0.2) is 42.5 Å². The minimum absolute atomic E-state index is 0.120. The number of benzene rings is 2. The van der Waals surface area contributed by atoms with Crippen molar-refractivity contribution >= 4 is 17.6 Å². The number of fused-ring (bicyclic) bond motifs is 1. The number of anilines is 1. The average Bonchev–Trinajstić information content (AvgIpc) is 2.61. The maximum Gasteiger partial charge on any atom is 0.335 e. The van der Waals surface area contributed by atoms with E-state index < -0.39 is 11.4 Å². The SMILES string of the molecule is CC(C)(C(=O)Nc1cccc(C(=O)O)c1)c1ccc2c(c1)OCCO2. The van der Waals surface area contributed by atoms with E-state index in [1.54, 1.807) is 32.0 Å². The van der Waals surface area contributed by atoms with Crippen LogP contribution in [0.1, 0.15) is 29.8 Å². The largest absolute Gasteiger partial charge is 0.486 e. The van der Waals surface area contributed by atoms with Crippen molar-refractivity contribution < 1.29 is 24.2 Å². The monoisotopic (exact) mass is 341 g/mol. The van der Waals surface area contributed by atoms with E-state index in [0.29, 0.717) is 30.4 Å². The minimum atomic E-state index is -1.04. The molecule has 0 fully saturated rings. The van der Waals surface area contributed by atoms with Gasteiger partial charge in [-0.25, -0.2) is 4.79 Å². The third-order valence-corrected chi connectivity index (χ3v) is 4.20. The number of ether oxygens (including phenoxy) is 2. The third kappa shape index (κ3) is 3.42. The molecule has 1 heterocycles. The summed E-state index contributed by atoms with van der Waals surface area (Å²) in [5.41, 5.74) is 0.504. The van der Waals surface area contributed by atoms with E-state index in [2.05, 4.69) is 5.32 Å². The molecule has 0 aliphatic carbocycles. The van der Waals surface area contributed by atoms with Gasteiger partial charge in [0, 0.05) is 5.69 Å². The van der Waals surface area contributed by atoms with Gasteiger partial charge in [0.15, 0.2) is 11.5 Å². The molecule has 0 unspecified atom stereocenters. The number of nitrogens with one attached hydrogen (secondary N) is 1. The molecule has 1 aliphatic rings. The van der Waals surface area contributed by atoms with Crippen molar-refractivity contribution in [3.8, 4) is 11.5 Å². The Morgan fingerprint density at radius 3 is 2.48 bits per heavy atom. The highest BCUT2D eigenvalue weighted by atomic mass is 16.6. The van der Waals surface area contributed by atoms with Crippen LogP contribution in [0.25, 0.3) is 0 Å². The van der Waals surface area contributed by atoms with E-state index in [1.807, 2.05) is 12.1 Å². The van der Waals surface area contributed by atoms with E-state index in [-0.39, 0.29) is 11.5 Å². The van der Waals surface area contributed by atoms with Crippen molar-refractivity contribution in [2.24, 2.45) is 0 Å². The molecule has 0 bridgehead atoms. The molecule has 0 spiro atoms. The standard InChI is InChI=1S/C19H19NO5/c1-19(2,13-6-7-15-16(11-13)25-9-8-24-15)18(23)20-14-5-3-4-12(10-14)17(21)22/h3-7,10-11H,8-9H2,1-2H3,(H,20,23)(H,21,22). The van der Waals surface area contributed by atoms with E-state index in [4.69, 9.17) is 14.6 Å². The summed E-state index contributed by atoms with van der Waals surface area (Å²) in [5.74, 6) is 0.00628. The molecule has 1 amide bonds. The number of aromatic carboxylic acids is 1. The Balaban J connectivity index is 1.83. The Morgan fingerprint density at radius 2 is 1.76 bits per heavy atom. The van der Waals surface area contributed by atoms with E-state index in [0.717, 1.165) is 5.56 Å². The minimum Gasteiger partial charge on any atom is -0.486 e. The lowest BCUT2D eigenvalue weighted by molar-refractivity contribution is -0.120. The summed E-state index contributed by atoms with van der Waals surface area (Å²) in [6, 6.07) is 11.6. The maximum atomic E-state index is 12.8. The topological polar surface area (TPSA) is 84.9 Å². The summed E-state index contributed by atoms with van der Waals surface area (Å²) in [5, 5.41) is 11.8. The average molecular weight is 341 g/mol. The van der Waals surface area contributed by atoms with Gasteiger partial charge in [-0.1, -0.05) is 12.1 Å². The van der Waals surface area contributed by atoms with Crippen LogP contribution in [-0.4, -0.2) is 30.2 Å². The fraction of sp³-hybridized carbons (Fsp3) is 0.263. The quantitative estimate of drug-likeness (QED) is 0.893. The van der Waals surface area contributed by atoms with Crippen molar-refractivity contribution in [2.45, 2.75) is 19.3 Å². The Morgan fingerprint density at radius 1 is 1.04 bits per heavy atom. The van der Waals surface area contributed by atoms with Crippen molar-refractivity contribution in [3.63, 3.8) is 0 Å². The summed E-state index contributed by atoms with van der Waals surface area (Å²) < 4.78 is 11.1. The van der Waals surface area contributed by atoms with Crippen LogP contribution in [0, 0.1) is 0 Å². The molecule has 2 aromatic carbocycles. The fourth-order valence-corrected chi connectivity index (χ4v) is 2.58. The predicted molar refractivity (Wildman–Crippen MR) is 92.5 cm³/mol. The van der Waals surface area contributed by atoms with Gasteiger partial charge >= 0.3 is 5.97 Å². The van der Waals surface area contributed by atoms with Crippen LogP contribution < -0.4 is 14.8 Å². The molecule has 0 atom stereocenters. The molecule has 0 radical (unpaired) electrons. The first-order valence-electron chi connectivity index (χ1n) is 7.93. The molecular weight excluding hydrogens is 322 g/mol. The zero-order chi connectivity index (χ0) is 18.0. The second kappa shape index (κ2) is 6.47. The van der Waals surface area contributed by atoms with Gasteiger partial charge in [-0.15, -0.1) is 0 Å². The summed E-state index contributed by atoms with van der Waals surface area (Å²) >= 11 is 0. The summed E-state index contributed by atoms with van der Waals surface area (Å²) in [6.45, 7) is 4.59. The van der Waals surface area contributed by atoms with Gasteiger partial charge in [-0.3, -0.25) is 4.79 Å². The number of hydrogen-bond acceptors (Lipinski definition) is 4. The lowest BCUT2D eigenvalue weighted by Gasteiger charge is -2.26. The van der Waals surface area contributed by atoms with Gasteiger partial charge in [0.05, 0.1) is 11.0 Å². The molecule has 25 heavy (non-hydrogen) atoms. The second-order valence-corrected chi connectivity index (χ2v) is 6.32. The van der Waals surface area contributed by atoms with Gasteiger partial charge in [-0.2, -0.15) is 0 Å². The Bertz CT molecular complexity index is 828. The molecule has 0 saturated heterocycles. The van der Waals surface area contributed by atoms with E-state index in [9.17, 15) is 9.59 Å². The molecule has 6 nitrogen and oxygen atoms in total. The van der Waals surface area contributed by atoms with Gasteiger partial charge in [0.25, 0.3) is 0 Å². The molecular formula is C19H19NO5. The summed E-state index contributed by atoms with van der Waals surface area (Å²) in [4.78, 5) is 23.8. The highest BCUT2D eigenvalue weighted by Crippen LogP contribution is 2.35. The van der Waals surface area contributed by atoms with Crippen molar-refractivity contribution in [3.05, 3.63) is 53.6 Å². The Labute approximate surface area is 145 Å². The van der Waals surface area contributed by atoms with Crippen LogP contribution in [0.3, 0.4) is 0 Å². The highest BCUT2D eigenvalue weighted by Gasteiger charge is 2.31. The number of carboxylic acid groups (broad SMARTS) is 1. The van der Waals surface area contributed by atoms with Crippen LogP contribution in [0.2, 0.25) is 0 Å². The lowest BCUT2D eigenvalue weighted by Crippen LogP contribution is -2.35. The third-order valence-electron chi connectivity index (χ3n) is 4.20. The van der Waals surface area contributed by atoms with Crippen LogP contribution >= 0.6 is 0 Å². The molecule has 3 rings (SSSR count). The molecule has 6 heteroatoms. The van der Waals surface area contributed by atoms with Crippen molar-refractivity contribution in [2.75, 3.05) is 18.5 Å². The first-order valence-corrected chi connectivity index (χ1v) is 7.93. The van der Waals surface area contributed by atoms with Gasteiger partial charge < -0.3 is 19.9 Å². The van der Waals surface area contributed by atoms with Crippen LogP contribution in [-0.2, 0) is 10.2 Å². The van der Waals surface area contributed by atoms with E-state index >= 15 is 0 Å². The highest BCUT2D eigenvalue weighted by molar-refractivity contribution is 5.99. The molecule has 0 aromatic heterocycles. The Kier molecular flexibility index (Phi) is 4.35. The molecule has 2 aromatic rings. The number of rotatable bonds is 4. The van der Waals surface area contributed by atoms with E-state index in [1.165, 1.54) is 12.1 Å².